The molecule has 1 amide bonds. The lowest BCUT2D eigenvalue weighted by molar-refractivity contribution is -0.386. The van der Waals surface area contributed by atoms with Gasteiger partial charge in [0.15, 0.2) is 11.3 Å². The van der Waals surface area contributed by atoms with Gasteiger partial charge in [0, 0.05) is 37.9 Å². The number of ether oxygens (including phenoxy) is 2. The molecule has 2 N–H and O–H groups in total. The molecule has 0 saturated carbocycles. The van der Waals surface area contributed by atoms with Crippen LogP contribution in [-0.2, 0) is 22.7 Å². The number of hydrogen-bond acceptors (Lipinski definition) is 8. The van der Waals surface area contributed by atoms with Crippen LogP contribution in [0.15, 0.2) is 35.9 Å². The molecule has 11 heteroatoms. The van der Waals surface area contributed by atoms with Crippen molar-refractivity contribution in [1.29, 1.82) is 5.26 Å². The zero-order valence-electron chi connectivity index (χ0n) is 17.5. The van der Waals surface area contributed by atoms with Gasteiger partial charge in [-0.3, -0.25) is 14.9 Å². The first kappa shape index (κ1) is 24.1. The van der Waals surface area contributed by atoms with Crippen LogP contribution >= 0.6 is 0 Å². The number of carbonyl (C=O) groups excluding carboxylic acids is 1. The second kappa shape index (κ2) is 10.2. The fraction of sp³-hybridized carbons (Fsp3) is 0.238. The lowest BCUT2D eigenvalue weighted by Gasteiger charge is -2.18. The second-order valence-electron chi connectivity index (χ2n) is 6.66. The molecule has 2 aromatic carbocycles. The van der Waals surface area contributed by atoms with Crippen molar-refractivity contribution in [2.75, 3.05) is 21.3 Å². The van der Waals surface area contributed by atoms with Gasteiger partial charge in [-0.25, -0.2) is 4.39 Å². The van der Waals surface area contributed by atoms with Crippen molar-refractivity contribution in [3.8, 4) is 17.6 Å². The van der Waals surface area contributed by atoms with Gasteiger partial charge in [-0.05, 0) is 23.8 Å². The Hall–Kier alpha value is -4.17. The van der Waals surface area contributed by atoms with E-state index in [2.05, 4.69) is 0 Å². The Labute approximate surface area is 182 Å². The van der Waals surface area contributed by atoms with E-state index in [0.717, 1.165) is 24.1 Å². The van der Waals surface area contributed by atoms with Crippen molar-refractivity contribution in [2.45, 2.75) is 13.2 Å². The summed E-state index contributed by atoms with van der Waals surface area (Å²) in [6.07, 6.45) is 0. The van der Waals surface area contributed by atoms with E-state index in [1.807, 2.05) is 0 Å². The molecule has 0 atom stereocenters. The van der Waals surface area contributed by atoms with E-state index < -0.39 is 39.4 Å². The van der Waals surface area contributed by atoms with Crippen molar-refractivity contribution in [2.24, 2.45) is 0 Å². The fourth-order valence-corrected chi connectivity index (χ4v) is 2.89. The normalized spacial score (nSPS) is 11.3. The summed E-state index contributed by atoms with van der Waals surface area (Å²) >= 11 is 0. The minimum absolute atomic E-state index is 0.161. The molecule has 2 aromatic rings. The molecule has 168 valence electrons. The van der Waals surface area contributed by atoms with Gasteiger partial charge in [-0.15, -0.1) is 0 Å². The Morgan fingerprint density at radius 3 is 2.56 bits per heavy atom. The summed E-state index contributed by atoms with van der Waals surface area (Å²) in [5.41, 5.74) is -0.983. The predicted octanol–water partition coefficient (Wildman–Crippen LogP) is 3.05. The van der Waals surface area contributed by atoms with Crippen LogP contribution in [0, 0.1) is 27.3 Å². The number of nitriles is 1. The largest absolute Gasteiger partial charge is 0.506 e. The van der Waals surface area contributed by atoms with E-state index in [0.29, 0.717) is 5.56 Å². The lowest BCUT2D eigenvalue weighted by atomic mass is 10.1. The average molecular weight is 445 g/mol. The molecular formula is C21H20FN3O7. The average Bonchev–Trinajstić information content (AvgIpc) is 2.76. The number of aliphatic hydroxyl groups excluding tert-OH is 1. The van der Waals surface area contributed by atoms with Gasteiger partial charge in [0.1, 0.15) is 17.6 Å². The maximum atomic E-state index is 14.2. The molecule has 0 bridgehead atoms. The van der Waals surface area contributed by atoms with Gasteiger partial charge >= 0.3 is 5.69 Å². The van der Waals surface area contributed by atoms with Crippen molar-refractivity contribution < 1.29 is 33.8 Å². The minimum Gasteiger partial charge on any atom is -0.506 e. The Morgan fingerprint density at radius 1 is 1.31 bits per heavy atom. The van der Waals surface area contributed by atoms with E-state index in [9.17, 15) is 34.8 Å². The van der Waals surface area contributed by atoms with E-state index >= 15 is 0 Å². The number of phenolic OH excluding ortho intramolecular Hbond substituents is 1. The molecule has 0 saturated heterocycles. The number of carbonyl (C=O) groups is 1. The lowest BCUT2D eigenvalue weighted by Crippen LogP contribution is -2.28. The number of likely N-dealkylation sites (N-methyl/N-ethyl adjacent to an activating group) is 1. The highest BCUT2D eigenvalue weighted by Gasteiger charge is 2.26. The standard InChI is InChI=1S/C21H20FN3O7/c1-24(10-14-6-12(11-31-2)4-5-16(14)22)21(28)15(9-23)19(26)13-7-17(25(29)30)20(27)18(8-13)32-3/h4-8,26-27H,10-11H2,1-3H3/b19-15-. The topological polar surface area (TPSA) is 146 Å². The number of rotatable bonds is 8. The molecular weight excluding hydrogens is 425 g/mol. The Bertz CT molecular complexity index is 1130. The summed E-state index contributed by atoms with van der Waals surface area (Å²) in [6.45, 7) is 0.0102. The molecule has 0 aromatic heterocycles. The molecule has 32 heavy (non-hydrogen) atoms. The zero-order valence-corrected chi connectivity index (χ0v) is 17.5. The second-order valence-corrected chi connectivity index (χ2v) is 6.66. The summed E-state index contributed by atoms with van der Waals surface area (Å²) < 4.78 is 24.0. The van der Waals surface area contributed by atoms with Crippen molar-refractivity contribution in [3.05, 3.63) is 68.5 Å². The van der Waals surface area contributed by atoms with Gasteiger partial charge in [0.2, 0.25) is 5.75 Å². The van der Waals surface area contributed by atoms with E-state index in [-0.39, 0.29) is 30.0 Å². The number of amides is 1. The molecule has 0 radical (unpaired) electrons. The van der Waals surface area contributed by atoms with E-state index in [4.69, 9.17) is 9.47 Å². The third-order valence-corrected chi connectivity index (χ3v) is 4.48. The summed E-state index contributed by atoms with van der Waals surface area (Å²) in [7, 11) is 3.92. The Balaban J connectivity index is 2.44. The molecule has 0 heterocycles. The predicted molar refractivity (Wildman–Crippen MR) is 110 cm³/mol. The van der Waals surface area contributed by atoms with Crippen molar-refractivity contribution in [1.82, 2.24) is 4.90 Å². The number of aromatic hydroxyl groups is 1. The number of hydrogen-bond donors (Lipinski definition) is 2. The van der Waals surface area contributed by atoms with Gasteiger partial charge in [-0.1, -0.05) is 6.07 Å². The van der Waals surface area contributed by atoms with Crippen LogP contribution in [0.2, 0.25) is 0 Å². The molecule has 0 unspecified atom stereocenters. The number of phenols is 1. The first-order valence-electron chi connectivity index (χ1n) is 9.05. The SMILES string of the molecule is COCc1ccc(F)c(CN(C)C(=O)/C(C#N)=C(\O)c2cc(OC)c(O)c([N+](=O)[O-])c2)c1. The molecule has 0 aliphatic carbocycles. The third kappa shape index (κ3) is 5.11. The molecule has 0 fully saturated rings. The highest BCUT2D eigenvalue weighted by atomic mass is 19.1. The molecule has 0 aliphatic rings. The summed E-state index contributed by atoms with van der Waals surface area (Å²) in [4.78, 5) is 24.0. The number of nitro groups is 1. The first-order chi connectivity index (χ1) is 15.1. The van der Waals surface area contributed by atoms with Crippen LogP contribution < -0.4 is 4.74 Å². The molecule has 0 spiro atoms. The Morgan fingerprint density at radius 2 is 2.00 bits per heavy atom. The number of aliphatic hydroxyl groups is 1. The molecule has 10 nitrogen and oxygen atoms in total. The maximum Gasteiger partial charge on any atom is 0.315 e. The van der Waals surface area contributed by atoms with Crippen LogP contribution in [0.3, 0.4) is 0 Å². The van der Waals surface area contributed by atoms with Crippen LogP contribution in [0.25, 0.3) is 5.76 Å². The van der Waals surface area contributed by atoms with E-state index in [1.54, 1.807) is 6.07 Å². The highest BCUT2D eigenvalue weighted by molar-refractivity contribution is 6.03. The summed E-state index contributed by atoms with van der Waals surface area (Å²) in [6, 6.07) is 7.66. The van der Waals surface area contributed by atoms with E-state index in [1.165, 1.54) is 32.4 Å². The number of halogens is 1. The summed E-state index contributed by atoms with van der Waals surface area (Å²) in [5, 5.41) is 41.0. The number of benzene rings is 2. The van der Waals surface area contributed by atoms with Crippen molar-refractivity contribution >= 4 is 17.4 Å². The minimum atomic E-state index is -0.948. The monoisotopic (exact) mass is 445 g/mol. The molecule has 0 aliphatic heterocycles. The summed E-state index contributed by atoms with van der Waals surface area (Å²) in [5.74, 6) is -3.50. The smallest absolute Gasteiger partial charge is 0.315 e. The highest BCUT2D eigenvalue weighted by Crippen LogP contribution is 2.38. The van der Waals surface area contributed by atoms with Crippen LogP contribution in [0.4, 0.5) is 10.1 Å². The zero-order chi connectivity index (χ0) is 24.0. The van der Waals surface area contributed by atoms with Crippen LogP contribution in [-0.4, -0.2) is 47.2 Å². The van der Waals surface area contributed by atoms with Gasteiger partial charge < -0.3 is 24.6 Å². The number of methoxy groups -OCH3 is 2. The van der Waals surface area contributed by atoms with Gasteiger partial charge in [-0.2, -0.15) is 5.26 Å². The molecule has 2 rings (SSSR count). The van der Waals surface area contributed by atoms with Crippen LogP contribution in [0.5, 0.6) is 11.5 Å². The number of nitro benzene ring substituents is 1. The van der Waals surface area contributed by atoms with Crippen molar-refractivity contribution in [3.63, 3.8) is 0 Å². The number of nitrogens with zero attached hydrogens (tertiary/aromatic N) is 3. The Kier molecular flexibility index (Phi) is 7.71. The van der Waals surface area contributed by atoms with Crippen LogP contribution in [0.1, 0.15) is 16.7 Å². The first-order valence-corrected chi connectivity index (χ1v) is 9.05. The van der Waals surface area contributed by atoms with Gasteiger partial charge in [0.25, 0.3) is 5.91 Å². The van der Waals surface area contributed by atoms with Gasteiger partial charge in [0.05, 0.1) is 18.6 Å². The maximum absolute atomic E-state index is 14.2. The third-order valence-electron chi connectivity index (χ3n) is 4.48. The fourth-order valence-electron chi connectivity index (χ4n) is 2.89. The quantitative estimate of drug-likeness (QED) is 0.207.